The van der Waals surface area contributed by atoms with Crippen LogP contribution in [-0.4, -0.2) is 30.4 Å². The Labute approximate surface area is 157 Å². The fraction of sp³-hybridized carbons (Fsp3) is 0.0667. The molecule has 0 radical (unpaired) electrons. The van der Waals surface area contributed by atoms with Crippen molar-refractivity contribution in [1.29, 1.82) is 0 Å². The number of hydrogen-bond donors (Lipinski definition) is 3. The summed E-state index contributed by atoms with van der Waals surface area (Å²) in [4.78, 5) is 13.8. The van der Waals surface area contributed by atoms with Crippen molar-refractivity contribution in [2.75, 3.05) is 0 Å². The van der Waals surface area contributed by atoms with Crippen molar-refractivity contribution in [1.82, 2.24) is 10.1 Å². The molecule has 3 N–H and O–H groups in total. The highest BCUT2D eigenvalue weighted by molar-refractivity contribution is 6.35. The molecule has 2 aromatic carbocycles. The maximum atomic E-state index is 12.7. The van der Waals surface area contributed by atoms with Crippen LogP contribution >= 0.6 is 11.6 Å². The number of hydrogen-bond acceptors (Lipinski definition) is 8. The first-order chi connectivity index (χ1) is 13.0. The molecule has 0 aliphatic carbocycles. The van der Waals surface area contributed by atoms with Gasteiger partial charge in [-0.1, -0.05) is 22.8 Å². The minimum atomic E-state index is -4.76. The quantitative estimate of drug-likeness (QED) is 0.328. The second-order valence-electron chi connectivity index (χ2n) is 5.36. The number of rotatable bonds is 3. The molecule has 0 unspecified atom stereocenters. The van der Waals surface area contributed by atoms with Gasteiger partial charge in [0.05, 0.1) is 21.1 Å². The van der Waals surface area contributed by atoms with Gasteiger partial charge in [0.2, 0.25) is 11.6 Å². The van der Waals surface area contributed by atoms with E-state index in [1.165, 1.54) is 0 Å². The lowest BCUT2D eigenvalue weighted by Gasteiger charge is -2.08. The lowest BCUT2D eigenvalue weighted by Crippen LogP contribution is -2.05. The van der Waals surface area contributed by atoms with Gasteiger partial charge in [0.1, 0.15) is 5.75 Å². The summed E-state index contributed by atoms with van der Waals surface area (Å²) in [5.74, 6) is -3.79. The van der Waals surface area contributed by atoms with Gasteiger partial charge in [-0.2, -0.15) is 18.2 Å². The van der Waals surface area contributed by atoms with E-state index in [0.717, 1.165) is 18.2 Å². The third-order valence-electron chi connectivity index (χ3n) is 3.61. The van der Waals surface area contributed by atoms with Crippen molar-refractivity contribution >= 4 is 17.3 Å². The highest BCUT2D eigenvalue weighted by Gasteiger charge is 2.34. The molecule has 0 saturated carbocycles. The van der Waals surface area contributed by atoms with Crippen molar-refractivity contribution in [2.45, 2.75) is 6.18 Å². The first-order valence-corrected chi connectivity index (χ1v) is 7.52. The Morgan fingerprint density at radius 3 is 2.39 bits per heavy atom. The van der Waals surface area contributed by atoms with Crippen molar-refractivity contribution in [3.8, 4) is 40.1 Å². The molecule has 0 aliphatic rings. The maximum absolute atomic E-state index is 12.7. The summed E-state index contributed by atoms with van der Waals surface area (Å²) < 4.78 is 43.0. The number of nitro benzene ring substituents is 1. The van der Waals surface area contributed by atoms with E-state index in [-0.39, 0.29) is 17.0 Å². The van der Waals surface area contributed by atoms with E-state index >= 15 is 0 Å². The molecule has 28 heavy (non-hydrogen) atoms. The van der Waals surface area contributed by atoms with Crippen LogP contribution in [0.3, 0.4) is 0 Å². The molecule has 1 heterocycles. The number of aromatic hydroxyl groups is 3. The number of benzene rings is 2. The Morgan fingerprint density at radius 1 is 1.14 bits per heavy atom. The molecule has 0 fully saturated rings. The number of phenolic OH excluding ortho intramolecular Hbond substituents is 3. The fourth-order valence-electron chi connectivity index (χ4n) is 2.28. The summed E-state index contributed by atoms with van der Waals surface area (Å²) in [7, 11) is 0. The van der Waals surface area contributed by atoms with Gasteiger partial charge in [-0.25, -0.2) is 0 Å². The number of alkyl halides is 3. The molecule has 0 amide bonds. The molecular formula is C15H7ClF3N3O6. The van der Waals surface area contributed by atoms with Crippen LogP contribution in [-0.2, 0) is 6.18 Å². The molecule has 1 aromatic heterocycles. The number of phenols is 3. The number of nitro groups is 1. The van der Waals surface area contributed by atoms with Gasteiger partial charge >= 0.3 is 11.9 Å². The van der Waals surface area contributed by atoms with E-state index in [9.17, 15) is 38.6 Å². The zero-order chi connectivity index (χ0) is 20.8. The Hall–Kier alpha value is -3.54. The second kappa shape index (κ2) is 6.56. The van der Waals surface area contributed by atoms with Crippen LogP contribution in [0.5, 0.6) is 17.2 Å². The van der Waals surface area contributed by atoms with Crippen molar-refractivity contribution in [2.24, 2.45) is 0 Å². The lowest BCUT2D eigenvalue weighted by molar-refractivity contribution is -0.385. The van der Waals surface area contributed by atoms with Crippen LogP contribution < -0.4 is 0 Å². The van der Waals surface area contributed by atoms with Gasteiger partial charge in [-0.05, 0) is 12.1 Å². The smallest absolute Gasteiger partial charge is 0.419 e. The standard InChI is InChI=1S/C15H7ClF3N3O6/c16-10-6(4-8(22(26)27)11(24)12(10)25)14-20-13(21-28-14)5-1-2-7(9(23)3-5)15(17,18)19/h1-4,23-25H. The van der Waals surface area contributed by atoms with Crippen LogP contribution in [0.1, 0.15) is 5.56 Å². The molecule has 0 spiro atoms. The Balaban J connectivity index is 2.07. The van der Waals surface area contributed by atoms with Gasteiger partial charge < -0.3 is 19.8 Å². The molecule has 3 aromatic rings. The Kier molecular flexibility index (Phi) is 4.51. The van der Waals surface area contributed by atoms with Gasteiger partial charge in [-0.15, -0.1) is 0 Å². The van der Waals surface area contributed by atoms with Crippen molar-refractivity contribution in [3.63, 3.8) is 0 Å². The number of halogens is 4. The van der Waals surface area contributed by atoms with Gasteiger partial charge in [-0.3, -0.25) is 10.1 Å². The van der Waals surface area contributed by atoms with E-state index < -0.39 is 50.5 Å². The predicted octanol–water partition coefficient (Wildman–Crippen LogP) is 4.10. The third kappa shape index (κ3) is 3.24. The zero-order valence-electron chi connectivity index (χ0n) is 13.2. The highest BCUT2D eigenvalue weighted by Crippen LogP contribution is 2.46. The molecule has 13 heteroatoms. The summed E-state index contributed by atoms with van der Waals surface area (Å²) in [5, 5.41) is 42.8. The topological polar surface area (TPSA) is 143 Å². The van der Waals surface area contributed by atoms with Crippen LogP contribution in [0.4, 0.5) is 18.9 Å². The molecule has 146 valence electrons. The first-order valence-electron chi connectivity index (χ1n) is 7.14. The summed E-state index contributed by atoms with van der Waals surface area (Å²) >= 11 is 5.84. The summed E-state index contributed by atoms with van der Waals surface area (Å²) in [5.41, 5.74) is -2.49. The van der Waals surface area contributed by atoms with Gasteiger partial charge in [0.15, 0.2) is 5.75 Å². The second-order valence-corrected chi connectivity index (χ2v) is 5.74. The molecule has 0 saturated heterocycles. The predicted molar refractivity (Wildman–Crippen MR) is 86.8 cm³/mol. The van der Waals surface area contributed by atoms with E-state index in [1.54, 1.807) is 0 Å². The SMILES string of the molecule is O=[N+]([O-])c1cc(-c2nc(-c3ccc(C(F)(F)F)c(O)c3)no2)c(Cl)c(O)c1O. The summed E-state index contributed by atoms with van der Waals surface area (Å²) in [6.07, 6.45) is -4.76. The summed E-state index contributed by atoms with van der Waals surface area (Å²) in [6.45, 7) is 0. The van der Waals surface area contributed by atoms with Gasteiger partial charge in [0.25, 0.3) is 5.89 Å². The fourth-order valence-corrected chi connectivity index (χ4v) is 2.50. The normalized spacial score (nSPS) is 11.6. The molecular weight excluding hydrogens is 411 g/mol. The Morgan fingerprint density at radius 2 is 1.82 bits per heavy atom. The van der Waals surface area contributed by atoms with Crippen LogP contribution in [0, 0.1) is 10.1 Å². The molecule has 9 nitrogen and oxygen atoms in total. The average Bonchev–Trinajstić information content (AvgIpc) is 3.08. The average molecular weight is 418 g/mol. The van der Waals surface area contributed by atoms with E-state index in [0.29, 0.717) is 6.07 Å². The van der Waals surface area contributed by atoms with Gasteiger partial charge in [0, 0.05) is 11.6 Å². The summed E-state index contributed by atoms with van der Waals surface area (Å²) in [6, 6.07) is 3.13. The van der Waals surface area contributed by atoms with Crippen LogP contribution in [0.15, 0.2) is 28.8 Å². The highest BCUT2D eigenvalue weighted by atomic mass is 35.5. The monoisotopic (exact) mass is 417 g/mol. The number of aromatic nitrogens is 2. The minimum absolute atomic E-state index is 0.0471. The van der Waals surface area contributed by atoms with Crippen LogP contribution in [0.2, 0.25) is 5.02 Å². The first kappa shape index (κ1) is 19.2. The number of nitrogens with zero attached hydrogens (tertiary/aromatic N) is 3. The largest absolute Gasteiger partial charge is 0.507 e. The van der Waals surface area contributed by atoms with E-state index in [2.05, 4.69) is 10.1 Å². The minimum Gasteiger partial charge on any atom is -0.507 e. The van der Waals surface area contributed by atoms with Crippen molar-refractivity contribution < 1.29 is 37.9 Å². The third-order valence-corrected chi connectivity index (χ3v) is 3.99. The lowest BCUT2D eigenvalue weighted by atomic mass is 10.1. The molecule has 0 bridgehead atoms. The van der Waals surface area contributed by atoms with Crippen molar-refractivity contribution in [3.05, 3.63) is 45.0 Å². The zero-order valence-corrected chi connectivity index (χ0v) is 14.0. The molecule has 0 aliphatic heterocycles. The molecule has 3 rings (SSSR count). The maximum Gasteiger partial charge on any atom is 0.419 e. The van der Waals surface area contributed by atoms with E-state index in [1.807, 2.05) is 0 Å². The molecule has 0 atom stereocenters. The van der Waals surface area contributed by atoms with Crippen LogP contribution in [0.25, 0.3) is 22.8 Å². The van der Waals surface area contributed by atoms with E-state index in [4.69, 9.17) is 16.1 Å². The Bertz CT molecular complexity index is 1100.